The Labute approximate surface area is 99.8 Å². The molecule has 5 nitrogen and oxygen atoms in total. The number of rotatable bonds is 2. The summed E-state index contributed by atoms with van der Waals surface area (Å²) in [6.45, 7) is 0.999. The van der Waals surface area contributed by atoms with Crippen LogP contribution in [0.25, 0.3) is 0 Å². The molecule has 0 aromatic rings. The van der Waals surface area contributed by atoms with Gasteiger partial charge in [0.15, 0.2) is 0 Å². The van der Waals surface area contributed by atoms with E-state index < -0.39 is 27.3 Å². The van der Waals surface area contributed by atoms with E-state index in [0.29, 0.717) is 0 Å². The molecule has 0 amide bonds. The molecule has 14 heavy (non-hydrogen) atoms. The van der Waals surface area contributed by atoms with E-state index in [1.54, 1.807) is 0 Å². The molecule has 88 valence electrons. The normalized spacial score (nSPS) is 13.1. The highest BCUT2D eigenvalue weighted by Crippen LogP contribution is 1.98. The Kier molecular flexibility index (Phi) is 14.1. The number of ether oxygens (including phenoxy) is 1. The number of aliphatic hydroxyl groups excluding tert-OH is 1. The Bertz CT molecular complexity index is 186. The molecule has 3 N–H and O–H groups in total. The molecule has 0 saturated carbocycles. The van der Waals surface area contributed by atoms with Crippen LogP contribution >= 0.6 is 33.8 Å². The molecule has 0 aromatic heterocycles. The van der Waals surface area contributed by atoms with Crippen molar-refractivity contribution in [3.63, 3.8) is 0 Å². The zero-order valence-corrected chi connectivity index (χ0v) is 10.7. The smallest absolute Gasteiger partial charge is 0.327 e. The summed E-state index contributed by atoms with van der Waals surface area (Å²) in [6.07, 6.45) is 0. The zero-order chi connectivity index (χ0) is 11.1. The predicted octanol–water partition coefficient (Wildman–Crippen LogP) is 0.334. The summed E-state index contributed by atoms with van der Waals surface area (Å²) < 4.78 is 13.4. The molecule has 0 unspecified atom stereocenters. The number of halogens is 3. The van der Waals surface area contributed by atoms with Gasteiger partial charge in [-0.2, -0.15) is 0 Å². The summed E-state index contributed by atoms with van der Waals surface area (Å²) in [4.78, 5) is 10.6. The first-order valence-corrected chi connectivity index (χ1v) is 5.80. The number of carbonyl (C=O) groups excluding carboxylic acids is 1. The van der Waals surface area contributed by atoms with Gasteiger partial charge in [-0.05, 0) is 6.92 Å². The van der Waals surface area contributed by atoms with E-state index in [9.17, 15) is 4.79 Å². The molecule has 0 aromatic carbocycles. The van der Waals surface area contributed by atoms with Crippen molar-refractivity contribution in [1.82, 2.24) is 0 Å². The maximum Gasteiger partial charge on any atom is 0.327 e. The van der Waals surface area contributed by atoms with Crippen molar-refractivity contribution in [1.29, 1.82) is 0 Å². The first-order chi connectivity index (χ1) is 5.77. The second-order valence-electron chi connectivity index (χ2n) is 2.25. The van der Waals surface area contributed by atoms with Gasteiger partial charge in [-0.25, -0.2) is 9.00 Å². The lowest BCUT2D eigenvalue weighted by Gasteiger charge is -2.17. The van der Waals surface area contributed by atoms with Crippen molar-refractivity contribution in [2.45, 2.75) is 12.5 Å². The fourth-order valence-corrected chi connectivity index (χ4v) is 0.298. The lowest BCUT2D eigenvalue weighted by Crippen LogP contribution is -2.48. The minimum Gasteiger partial charge on any atom is -0.468 e. The maximum absolute atomic E-state index is 10.6. The van der Waals surface area contributed by atoms with Crippen LogP contribution in [0.3, 0.4) is 0 Å². The van der Waals surface area contributed by atoms with Gasteiger partial charge in [-0.1, -0.05) is 0 Å². The Balaban J connectivity index is -0.000000209. The maximum atomic E-state index is 10.6. The number of aliphatic hydroxyl groups is 1. The van der Waals surface area contributed by atoms with Crippen molar-refractivity contribution in [3.8, 4) is 0 Å². The number of hydrogen-bond acceptors (Lipinski definition) is 5. The molecule has 0 aliphatic rings. The van der Waals surface area contributed by atoms with Crippen molar-refractivity contribution in [3.05, 3.63) is 0 Å². The summed E-state index contributed by atoms with van der Waals surface area (Å²) in [5, 5.41) is 8.47. The molecule has 0 heterocycles. The van der Waals surface area contributed by atoms with Gasteiger partial charge in [0.2, 0.25) is 9.23 Å². The number of hydrogen-bond donors (Lipinski definition) is 2. The minimum absolute atomic E-state index is 0. The van der Waals surface area contributed by atoms with E-state index in [1.165, 1.54) is 14.0 Å². The number of methoxy groups -OCH3 is 1. The van der Waals surface area contributed by atoms with Crippen LogP contribution in [0, 0.1) is 0 Å². The molecule has 9 heteroatoms. The third-order valence-electron chi connectivity index (χ3n) is 0.980. The number of esters is 1. The SMILES string of the molecule is COC(=O)[C@@](C)(N)CO.Cl.O=S(Cl)Cl. The molecule has 0 aliphatic heterocycles. The quantitative estimate of drug-likeness (QED) is 0.565. The van der Waals surface area contributed by atoms with Crippen LogP contribution in [-0.4, -0.2) is 34.5 Å². The van der Waals surface area contributed by atoms with Crippen molar-refractivity contribution in [2.75, 3.05) is 13.7 Å². The van der Waals surface area contributed by atoms with Gasteiger partial charge in [-0.3, -0.25) is 0 Å². The van der Waals surface area contributed by atoms with Gasteiger partial charge in [0.25, 0.3) is 0 Å². The van der Waals surface area contributed by atoms with Gasteiger partial charge in [-0.15, -0.1) is 12.4 Å². The number of nitrogens with two attached hydrogens (primary N) is 1. The summed E-state index contributed by atoms with van der Waals surface area (Å²) in [6, 6.07) is 0. The van der Waals surface area contributed by atoms with Crippen LogP contribution in [0.15, 0.2) is 0 Å². The molecule has 1 atom stereocenters. The Morgan fingerprint density at radius 1 is 1.64 bits per heavy atom. The molecular formula is C5H12Cl3NO4S. The highest BCUT2D eigenvalue weighted by molar-refractivity contribution is 8.26. The summed E-state index contributed by atoms with van der Waals surface area (Å²) in [7, 11) is 8.58. The molecule has 0 radical (unpaired) electrons. The van der Waals surface area contributed by atoms with Crippen LogP contribution in [0.4, 0.5) is 0 Å². The van der Waals surface area contributed by atoms with E-state index in [1.807, 2.05) is 0 Å². The van der Waals surface area contributed by atoms with E-state index in [-0.39, 0.29) is 12.4 Å². The Morgan fingerprint density at radius 3 is 2.00 bits per heavy atom. The predicted molar refractivity (Wildman–Crippen MR) is 58.8 cm³/mol. The largest absolute Gasteiger partial charge is 0.468 e. The van der Waals surface area contributed by atoms with E-state index in [4.69, 9.17) is 15.0 Å². The van der Waals surface area contributed by atoms with Gasteiger partial charge in [0.05, 0.1) is 13.7 Å². The monoisotopic (exact) mass is 287 g/mol. The summed E-state index contributed by atoms with van der Waals surface area (Å²) >= 11 is 0. The van der Waals surface area contributed by atoms with Gasteiger partial charge in [0.1, 0.15) is 5.54 Å². The Hall–Kier alpha value is 0.410. The van der Waals surface area contributed by atoms with Gasteiger partial charge < -0.3 is 15.6 Å². The molecule has 0 aliphatic carbocycles. The van der Waals surface area contributed by atoms with E-state index in [0.717, 1.165) is 0 Å². The van der Waals surface area contributed by atoms with Crippen molar-refractivity contribution >= 4 is 49.0 Å². The first kappa shape index (κ1) is 19.9. The molecule has 0 saturated heterocycles. The topological polar surface area (TPSA) is 89.6 Å². The van der Waals surface area contributed by atoms with E-state index >= 15 is 0 Å². The van der Waals surface area contributed by atoms with Crippen LogP contribution in [0.2, 0.25) is 0 Å². The van der Waals surface area contributed by atoms with Crippen LogP contribution in [0.5, 0.6) is 0 Å². The highest BCUT2D eigenvalue weighted by Gasteiger charge is 2.27. The Morgan fingerprint density at radius 2 is 1.93 bits per heavy atom. The zero-order valence-electron chi connectivity index (χ0n) is 7.53. The van der Waals surface area contributed by atoms with E-state index in [2.05, 4.69) is 26.1 Å². The lowest BCUT2D eigenvalue weighted by molar-refractivity contribution is -0.147. The molecule has 0 rings (SSSR count). The highest BCUT2D eigenvalue weighted by atomic mass is 36.0. The van der Waals surface area contributed by atoms with Crippen LogP contribution in [0.1, 0.15) is 6.92 Å². The first-order valence-electron chi connectivity index (χ1n) is 3.00. The van der Waals surface area contributed by atoms with Gasteiger partial charge >= 0.3 is 5.97 Å². The standard InChI is InChI=1S/C5H11NO3.Cl2OS.ClH/c1-5(6,3-7)4(8)9-2;1-4(2)3;/h7H,3,6H2,1-2H3;;1H/t5-;;/m0../s1. The molecule has 0 fully saturated rings. The number of carbonyl (C=O) groups is 1. The molecule has 0 spiro atoms. The van der Waals surface area contributed by atoms with Gasteiger partial charge in [0, 0.05) is 21.4 Å². The fourth-order valence-electron chi connectivity index (χ4n) is 0.298. The summed E-state index contributed by atoms with van der Waals surface area (Å²) in [5.41, 5.74) is 3.99. The van der Waals surface area contributed by atoms with Crippen molar-refractivity contribution < 1.29 is 18.8 Å². The van der Waals surface area contributed by atoms with Crippen LogP contribution in [-0.2, 0) is 18.8 Å². The third kappa shape index (κ3) is 12.4. The molecular weight excluding hydrogens is 276 g/mol. The second-order valence-corrected chi connectivity index (χ2v) is 4.78. The average molecular weight is 289 g/mol. The third-order valence-corrected chi connectivity index (χ3v) is 0.980. The average Bonchev–Trinajstić information content (AvgIpc) is 2.02. The van der Waals surface area contributed by atoms with Crippen molar-refractivity contribution in [2.24, 2.45) is 5.73 Å². The lowest BCUT2D eigenvalue weighted by atomic mass is 10.1. The summed E-state index contributed by atoms with van der Waals surface area (Å²) in [5.74, 6) is -0.606. The van der Waals surface area contributed by atoms with Crippen LogP contribution < -0.4 is 5.73 Å². The fraction of sp³-hybridized carbons (Fsp3) is 0.800. The minimum atomic E-state index is -1.67. The molecule has 0 bridgehead atoms. The second kappa shape index (κ2) is 9.95.